The van der Waals surface area contributed by atoms with Crippen LogP contribution in [0.4, 0.5) is 5.69 Å². The van der Waals surface area contributed by atoms with Gasteiger partial charge in [0.25, 0.3) is 0 Å². The lowest BCUT2D eigenvalue weighted by Crippen LogP contribution is -2.37. The molecule has 2 aromatic rings. The van der Waals surface area contributed by atoms with Crippen LogP contribution in [-0.2, 0) is 21.2 Å². The maximum absolute atomic E-state index is 12.7. The molecule has 144 valence electrons. The van der Waals surface area contributed by atoms with Gasteiger partial charge < -0.3 is 4.90 Å². The molecule has 0 aromatic heterocycles. The van der Waals surface area contributed by atoms with Crippen LogP contribution in [0.5, 0.6) is 0 Å². The summed E-state index contributed by atoms with van der Waals surface area (Å²) >= 11 is 1.66. The molecule has 1 heterocycles. The van der Waals surface area contributed by atoms with Crippen molar-refractivity contribution in [2.45, 2.75) is 42.2 Å². The van der Waals surface area contributed by atoms with Crippen molar-refractivity contribution < 1.29 is 13.2 Å². The molecule has 0 radical (unpaired) electrons. The number of rotatable bonds is 5. The highest BCUT2D eigenvalue weighted by Gasteiger charge is 2.27. The number of fused-ring (bicyclic) bond motifs is 1. The number of benzene rings is 2. The average molecular weight is 405 g/mol. The topological polar surface area (TPSA) is 66.5 Å². The van der Waals surface area contributed by atoms with Crippen molar-refractivity contribution in [3.63, 3.8) is 0 Å². The number of anilines is 1. The van der Waals surface area contributed by atoms with E-state index in [-0.39, 0.29) is 16.1 Å². The molecule has 1 aliphatic heterocycles. The van der Waals surface area contributed by atoms with Crippen LogP contribution in [0.15, 0.2) is 52.3 Å². The predicted molar refractivity (Wildman–Crippen MR) is 110 cm³/mol. The van der Waals surface area contributed by atoms with Gasteiger partial charge in [0, 0.05) is 30.2 Å². The highest BCUT2D eigenvalue weighted by molar-refractivity contribution is 8.00. The Bertz CT molecular complexity index is 957. The van der Waals surface area contributed by atoms with E-state index in [0.717, 1.165) is 16.0 Å². The van der Waals surface area contributed by atoms with Crippen LogP contribution in [0, 0.1) is 6.92 Å². The zero-order valence-corrected chi connectivity index (χ0v) is 17.4. The van der Waals surface area contributed by atoms with Gasteiger partial charge in [-0.15, -0.1) is 11.8 Å². The van der Waals surface area contributed by atoms with Crippen molar-refractivity contribution in [3.05, 3.63) is 53.6 Å². The number of carbonyl (C=O) groups is 1. The van der Waals surface area contributed by atoms with Gasteiger partial charge in [0.2, 0.25) is 15.9 Å². The Labute approximate surface area is 165 Å². The van der Waals surface area contributed by atoms with Crippen molar-refractivity contribution in [2.75, 3.05) is 18.0 Å². The van der Waals surface area contributed by atoms with Crippen molar-refractivity contribution in [3.8, 4) is 0 Å². The van der Waals surface area contributed by atoms with Crippen molar-refractivity contribution in [2.24, 2.45) is 0 Å². The smallest absolute Gasteiger partial charge is 0.240 e. The lowest BCUT2D eigenvalue weighted by atomic mass is 10.1. The van der Waals surface area contributed by atoms with Gasteiger partial charge in [-0.25, -0.2) is 13.1 Å². The first kappa shape index (κ1) is 19.9. The summed E-state index contributed by atoms with van der Waals surface area (Å²) in [4.78, 5) is 14.8. The molecule has 5 nitrogen and oxygen atoms in total. The number of carbonyl (C=O) groups excluding carboxylic acids is 1. The van der Waals surface area contributed by atoms with Crippen LogP contribution >= 0.6 is 11.8 Å². The highest BCUT2D eigenvalue weighted by Crippen LogP contribution is 2.39. The largest absolute Gasteiger partial charge is 0.310 e. The van der Waals surface area contributed by atoms with E-state index in [1.54, 1.807) is 34.9 Å². The molecule has 0 bridgehead atoms. The summed E-state index contributed by atoms with van der Waals surface area (Å²) < 4.78 is 28.1. The van der Waals surface area contributed by atoms with Crippen LogP contribution in [0.1, 0.15) is 25.0 Å². The van der Waals surface area contributed by atoms with E-state index in [9.17, 15) is 13.2 Å². The summed E-state index contributed by atoms with van der Waals surface area (Å²) in [5.74, 6) is -0.0784. The summed E-state index contributed by atoms with van der Waals surface area (Å²) in [6, 6.07) is 13.0. The predicted octanol–water partition coefficient (Wildman–Crippen LogP) is 3.36. The molecule has 0 saturated carbocycles. The Kier molecular flexibility index (Phi) is 5.93. The molecule has 0 spiro atoms. The molecular formula is C20H24N2O3S2. The monoisotopic (exact) mass is 404 g/mol. The minimum atomic E-state index is -3.63. The summed E-state index contributed by atoms with van der Waals surface area (Å²) in [5.41, 5.74) is 2.92. The standard InChI is InChI=1S/C20H24N2O3S2/c1-14-5-4-6-17(11-14)9-10-21-27(24,25)18-7-8-20-19(12-18)22(16(3)23)13-15(2)26-20/h4-8,11-12,15,21H,9-10,13H2,1-3H3/t15-/m1/s1. The number of nitrogens with zero attached hydrogens (tertiary/aromatic N) is 1. The number of amides is 1. The summed E-state index contributed by atoms with van der Waals surface area (Å²) in [6.07, 6.45) is 0.624. The Morgan fingerprint density at radius 2 is 2.04 bits per heavy atom. The van der Waals surface area contributed by atoms with E-state index >= 15 is 0 Å². The molecule has 1 amide bonds. The van der Waals surface area contributed by atoms with Crippen molar-refractivity contribution in [1.82, 2.24) is 4.72 Å². The minimum absolute atomic E-state index is 0.0784. The molecule has 0 saturated heterocycles. The molecule has 0 aliphatic carbocycles. The van der Waals surface area contributed by atoms with Crippen LogP contribution in [0.2, 0.25) is 0 Å². The van der Waals surface area contributed by atoms with Gasteiger partial charge in [-0.3, -0.25) is 4.79 Å². The number of thioether (sulfide) groups is 1. The third kappa shape index (κ3) is 4.72. The number of hydrogen-bond acceptors (Lipinski definition) is 4. The van der Waals surface area contributed by atoms with E-state index in [0.29, 0.717) is 25.2 Å². The molecule has 1 aliphatic rings. The maximum atomic E-state index is 12.7. The summed E-state index contributed by atoms with van der Waals surface area (Å²) in [7, 11) is -3.63. The molecule has 7 heteroatoms. The Hall–Kier alpha value is -1.83. The normalized spacial score (nSPS) is 16.9. The second kappa shape index (κ2) is 8.04. The fourth-order valence-electron chi connectivity index (χ4n) is 3.16. The average Bonchev–Trinajstić information content (AvgIpc) is 2.60. The molecule has 1 atom stereocenters. The first-order valence-electron chi connectivity index (χ1n) is 8.90. The van der Waals surface area contributed by atoms with Gasteiger partial charge in [0.05, 0.1) is 10.6 Å². The number of aryl methyl sites for hydroxylation is 1. The van der Waals surface area contributed by atoms with Crippen molar-refractivity contribution in [1.29, 1.82) is 0 Å². The van der Waals surface area contributed by atoms with E-state index in [1.807, 2.05) is 25.1 Å². The molecule has 0 fully saturated rings. The first-order chi connectivity index (χ1) is 12.8. The van der Waals surface area contributed by atoms with Crippen LogP contribution in [0.25, 0.3) is 0 Å². The van der Waals surface area contributed by atoms with Gasteiger partial charge in [-0.2, -0.15) is 0 Å². The van der Waals surface area contributed by atoms with E-state index in [4.69, 9.17) is 0 Å². The van der Waals surface area contributed by atoms with Crippen LogP contribution in [-0.4, -0.2) is 32.7 Å². The van der Waals surface area contributed by atoms with E-state index < -0.39 is 10.0 Å². The zero-order valence-electron chi connectivity index (χ0n) is 15.7. The Balaban J connectivity index is 1.77. The Morgan fingerprint density at radius 1 is 1.26 bits per heavy atom. The minimum Gasteiger partial charge on any atom is -0.310 e. The molecule has 3 rings (SSSR count). The van der Waals surface area contributed by atoms with Gasteiger partial charge in [0.15, 0.2) is 0 Å². The third-order valence-electron chi connectivity index (χ3n) is 4.47. The second-order valence-corrected chi connectivity index (χ2v) is 10.1. The highest BCUT2D eigenvalue weighted by atomic mass is 32.2. The molecule has 0 unspecified atom stereocenters. The quantitative estimate of drug-likeness (QED) is 0.830. The molecule has 1 N–H and O–H groups in total. The fraction of sp³-hybridized carbons (Fsp3) is 0.350. The molecule has 2 aromatic carbocycles. The molecule has 27 heavy (non-hydrogen) atoms. The van der Waals surface area contributed by atoms with Gasteiger partial charge >= 0.3 is 0 Å². The van der Waals surface area contributed by atoms with Crippen molar-refractivity contribution >= 4 is 33.4 Å². The lowest BCUT2D eigenvalue weighted by molar-refractivity contribution is -0.116. The number of sulfonamides is 1. The third-order valence-corrected chi connectivity index (χ3v) is 7.08. The summed E-state index contributed by atoms with van der Waals surface area (Å²) in [5, 5.41) is 0.274. The number of nitrogens with one attached hydrogen (secondary N) is 1. The van der Waals surface area contributed by atoms with Gasteiger partial charge in [0.1, 0.15) is 0 Å². The van der Waals surface area contributed by atoms with Gasteiger partial charge in [-0.1, -0.05) is 36.8 Å². The molecular weight excluding hydrogens is 380 g/mol. The summed E-state index contributed by atoms with van der Waals surface area (Å²) in [6.45, 7) is 6.48. The zero-order chi connectivity index (χ0) is 19.6. The van der Waals surface area contributed by atoms with E-state index in [1.165, 1.54) is 6.92 Å². The second-order valence-electron chi connectivity index (χ2n) is 6.82. The van der Waals surface area contributed by atoms with E-state index in [2.05, 4.69) is 17.7 Å². The first-order valence-corrected chi connectivity index (χ1v) is 11.3. The van der Waals surface area contributed by atoms with Gasteiger partial charge in [-0.05, 0) is 37.1 Å². The van der Waals surface area contributed by atoms with Crippen LogP contribution < -0.4 is 9.62 Å². The SMILES string of the molecule is CC(=O)N1C[C@@H](C)Sc2ccc(S(=O)(=O)NCCc3cccc(C)c3)cc21. The Morgan fingerprint density at radius 3 is 2.74 bits per heavy atom. The van der Waals surface area contributed by atoms with Crippen LogP contribution in [0.3, 0.4) is 0 Å². The maximum Gasteiger partial charge on any atom is 0.240 e. The lowest BCUT2D eigenvalue weighted by Gasteiger charge is -2.32. The fourth-order valence-corrected chi connectivity index (χ4v) is 5.31. The number of hydrogen-bond donors (Lipinski definition) is 1.